The highest BCUT2D eigenvalue weighted by atomic mass is 16.5. The molecule has 2 amide bonds. The normalized spacial score (nSPS) is 10.3. The van der Waals surface area contributed by atoms with Gasteiger partial charge in [0.2, 0.25) is 17.7 Å². The predicted molar refractivity (Wildman–Crippen MR) is 99.3 cm³/mol. The number of aryl methyl sites for hydroxylation is 1. The molecule has 0 fully saturated rings. The van der Waals surface area contributed by atoms with E-state index in [0.29, 0.717) is 28.9 Å². The van der Waals surface area contributed by atoms with Crippen molar-refractivity contribution in [2.75, 3.05) is 17.2 Å². The van der Waals surface area contributed by atoms with Crippen LogP contribution in [0.15, 0.2) is 52.9 Å². The Bertz CT molecular complexity index is 933. The SMILES string of the molecule is CC(=O)Nc1ccc(NC(=O)COc2ccc(-c3nnc(C)o3)cc2)cc1. The van der Waals surface area contributed by atoms with Gasteiger partial charge in [-0.25, -0.2) is 0 Å². The van der Waals surface area contributed by atoms with Crippen molar-refractivity contribution >= 4 is 23.2 Å². The fourth-order valence-electron chi connectivity index (χ4n) is 2.29. The Labute approximate surface area is 155 Å². The first kappa shape index (κ1) is 18.1. The van der Waals surface area contributed by atoms with Gasteiger partial charge in [-0.3, -0.25) is 9.59 Å². The van der Waals surface area contributed by atoms with Gasteiger partial charge in [0.05, 0.1) is 0 Å². The molecule has 27 heavy (non-hydrogen) atoms. The molecule has 1 aromatic heterocycles. The number of nitrogens with zero attached hydrogens (tertiary/aromatic N) is 2. The van der Waals surface area contributed by atoms with Gasteiger partial charge in [0.25, 0.3) is 5.91 Å². The van der Waals surface area contributed by atoms with Gasteiger partial charge in [0.1, 0.15) is 5.75 Å². The molecule has 0 aliphatic heterocycles. The van der Waals surface area contributed by atoms with Crippen LogP contribution in [0.25, 0.3) is 11.5 Å². The Kier molecular flexibility index (Phi) is 5.46. The molecule has 0 radical (unpaired) electrons. The summed E-state index contributed by atoms with van der Waals surface area (Å²) in [5.74, 6) is 1.03. The molecule has 0 saturated carbocycles. The van der Waals surface area contributed by atoms with Crippen molar-refractivity contribution in [1.29, 1.82) is 0 Å². The molecule has 0 spiro atoms. The molecule has 2 N–H and O–H groups in total. The first-order valence-corrected chi connectivity index (χ1v) is 8.20. The first-order valence-electron chi connectivity index (χ1n) is 8.20. The Balaban J connectivity index is 1.50. The Morgan fingerprint density at radius 1 is 0.963 bits per heavy atom. The highest BCUT2D eigenvalue weighted by molar-refractivity contribution is 5.93. The number of carbonyl (C=O) groups is 2. The molecule has 0 unspecified atom stereocenters. The molecule has 2 aromatic carbocycles. The molecular weight excluding hydrogens is 348 g/mol. The van der Waals surface area contributed by atoms with Gasteiger partial charge in [0, 0.05) is 30.8 Å². The van der Waals surface area contributed by atoms with Gasteiger partial charge in [-0.2, -0.15) is 0 Å². The number of benzene rings is 2. The van der Waals surface area contributed by atoms with Crippen LogP contribution >= 0.6 is 0 Å². The Morgan fingerprint density at radius 2 is 1.59 bits per heavy atom. The van der Waals surface area contributed by atoms with E-state index in [1.54, 1.807) is 55.5 Å². The molecule has 0 aliphatic rings. The lowest BCUT2D eigenvalue weighted by molar-refractivity contribution is -0.118. The Hall–Kier alpha value is -3.68. The molecule has 0 bridgehead atoms. The number of rotatable bonds is 6. The van der Waals surface area contributed by atoms with Crippen LogP contribution in [-0.2, 0) is 9.59 Å². The number of anilines is 2. The van der Waals surface area contributed by atoms with E-state index in [2.05, 4.69) is 20.8 Å². The largest absolute Gasteiger partial charge is 0.484 e. The van der Waals surface area contributed by atoms with E-state index in [-0.39, 0.29) is 18.4 Å². The van der Waals surface area contributed by atoms with E-state index >= 15 is 0 Å². The second-order valence-corrected chi connectivity index (χ2v) is 5.75. The summed E-state index contributed by atoms with van der Waals surface area (Å²) in [6.45, 7) is 3.02. The van der Waals surface area contributed by atoms with E-state index in [1.807, 2.05) is 0 Å². The second kappa shape index (κ2) is 8.13. The zero-order valence-electron chi connectivity index (χ0n) is 14.9. The second-order valence-electron chi connectivity index (χ2n) is 5.75. The zero-order chi connectivity index (χ0) is 19.2. The van der Waals surface area contributed by atoms with Crippen molar-refractivity contribution in [1.82, 2.24) is 10.2 Å². The van der Waals surface area contributed by atoms with Crippen LogP contribution in [0.5, 0.6) is 5.75 Å². The fraction of sp³-hybridized carbons (Fsp3) is 0.158. The van der Waals surface area contributed by atoms with Crippen LogP contribution in [0.3, 0.4) is 0 Å². The van der Waals surface area contributed by atoms with E-state index < -0.39 is 0 Å². The maximum absolute atomic E-state index is 12.0. The van der Waals surface area contributed by atoms with Gasteiger partial charge in [-0.1, -0.05) is 0 Å². The van der Waals surface area contributed by atoms with Crippen molar-refractivity contribution in [2.24, 2.45) is 0 Å². The van der Waals surface area contributed by atoms with Gasteiger partial charge in [0.15, 0.2) is 6.61 Å². The molecule has 3 aromatic rings. The van der Waals surface area contributed by atoms with Gasteiger partial charge < -0.3 is 19.8 Å². The molecular formula is C19H18N4O4. The number of carbonyl (C=O) groups excluding carboxylic acids is 2. The lowest BCUT2D eigenvalue weighted by Gasteiger charge is -2.08. The van der Waals surface area contributed by atoms with Gasteiger partial charge in [-0.15, -0.1) is 10.2 Å². The monoisotopic (exact) mass is 366 g/mol. The predicted octanol–water partition coefficient (Wildman–Crippen LogP) is 3.02. The minimum absolute atomic E-state index is 0.132. The summed E-state index contributed by atoms with van der Waals surface area (Å²) >= 11 is 0. The van der Waals surface area contributed by atoms with Crippen LogP contribution in [0, 0.1) is 6.92 Å². The number of aromatic nitrogens is 2. The molecule has 8 nitrogen and oxygen atoms in total. The summed E-state index contributed by atoms with van der Waals surface area (Å²) in [6.07, 6.45) is 0. The molecule has 138 valence electrons. The third-order valence-electron chi connectivity index (χ3n) is 3.49. The standard InChI is InChI=1S/C19H18N4O4/c1-12(24)20-15-5-7-16(8-6-15)21-18(25)11-26-17-9-3-14(4-10-17)19-23-22-13(2)27-19/h3-10H,11H2,1-2H3,(H,20,24)(H,21,25). The van der Waals surface area contributed by atoms with Crippen LogP contribution in [0.4, 0.5) is 11.4 Å². The Morgan fingerprint density at radius 3 is 2.15 bits per heavy atom. The third-order valence-corrected chi connectivity index (χ3v) is 3.49. The van der Waals surface area contributed by atoms with Crippen molar-refractivity contribution in [3.8, 4) is 17.2 Å². The fourth-order valence-corrected chi connectivity index (χ4v) is 2.29. The van der Waals surface area contributed by atoms with Crippen molar-refractivity contribution in [3.63, 3.8) is 0 Å². The summed E-state index contributed by atoms with van der Waals surface area (Å²) in [7, 11) is 0. The quantitative estimate of drug-likeness (QED) is 0.694. The average Bonchev–Trinajstić information content (AvgIpc) is 3.08. The van der Waals surface area contributed by atoms with Crippen molar-refractivity contribution in [2.45, 2.75) is 13.8 Å². The first-order chi connectivity index (χ1) is 13.0. The van der Waals surface area contributed by atoms with Crippen LogP contribution in [0.1, 0.15) is 12.8 Å². The summed E-state index contributed by atoms with van der Waals surface area (Å²) in [4.78, 5) is 23.0. The molecule has 0 aliphatic carbocycles. The topological polar surface area (TPSA) is 106 Å². The van der Waals surface area contributed by atoms with Crippen LogP contribution in [0.2, 0.25) is 0 Å². The van der Waals surface area contributed by atoms with Gasteiger partial charge >= 0.3 is 0 Å². The minimum atomic E-state index is -0.293. The van der Waals surface area contributed by atoms with E-state index in [9.17, 15) is 9.59 Å². The molecule has 0 atom stereocenters. The maximum atomic E-state index is 12.0. The molecule has 1 heterocycles. The minimum Gasteiger partial charge on any atom is -0.484 e. The number of nitrogens with one attached hydrogen (secondary N) is 2. The highest BCUT2D eigenvalue weighted by Crippen LogP contribution is 2.21. The van der Waals surface area contributed by atoms with Crippen LogP contribution in [-0.4, -0.2) is 28.6 Å². The molecule has 8 heteroatoms. The zero-order valence-corrected chi connectivity index (χ0v) is 14.9. The van der Waals surface area contributed by atoms with Crippen molar-refractivity contribution < 1.29 is 18.7 Å². The van der Waals surface area contributed by atoms with E-state index in [4.69, 9.17) is 9.15 Å². The van der Waals surface area contributed by atoms with Gasteiger partial charge in [-0.05, 0) is 48.5 Å². The summed E-state index contributed by atoms with van der Waals surface area (Å²) < 4.78 is 10.8. The molecule has 3 rings (SSSR count). The average molecular weight is 366 g/mol. The number of hydrogen-bond donors (Lipinski definition) is 2. The number of hydrogen-bond acceptors (Lipinski definition) is 6. The number of amides is 2. The lowest BCUT2D eigenvalue weighted by atomic mass is 10.2. The highest BCUT2D eigenvalue weighted by Gasteiger charge is 2.07. The lowest BCUT2D eigenvalue weighted by Crippen LogP contribution is -2.20. The summed E-state index contributed by atoms with van der Waals surface area (Å²) in [6, 6.07) is 13.8. The smallest absolute Gasteiger partial charge is 0.262 e. The third kappa shape index (κ3) is 5.15. The molecule has 0 saturated heterocycles. The maximum Gasteiger partial charge on any atom is 0.262 e. The van der Waals surface area contributed by atoms with E-state index in [1.165, 1.54) is 6.92 Å². The summed E-state index contributed by atoms with van der Waals surface area (Å²) in [5.41, 5.74) is 2.04. The summed E-state index contributed by atoms with van der Waals surface area (Å²) in [5, 5.41) is 13.1. The van der Waals surface area contributed by atoms with Crippen LogP contribution < -0.4 is 15.4 Å². The number of ether oxygens (including phenoxy) is 1. The van der Waals surface area contributed by atoms with E-state index in [0.717, 1.165) is 5.56 Å². The van der Waals surface area contributed by atoms with Crippen molar-refractivity contribution in [3.05, 3.63) is 54.4 Å².